The van der Waals surface area contributed by atoms with Crippen molar-refractivity contribution < 1.29 is 0 Å². The second-order valence-electron chi connectivity index (χ2n) is 5.39. The number of imidazole rings is 1. The molecule has 0 aliphatic heterocycles. The molecule has 2 aromatic heterocycles. The standard InChI is InChI=1S/C16H24N4/c1-11-10-12(2)20-14(4)16(11)13(3)17-7-5-6-15-18-8-9-19-15/h8-10,13,17H,5-7H2,1-4H3,(H,18,19). The van der Waals surface area contributed by atoms with Crippen LogP contribution in [0, 0.1) is 20.8 Å². The highest BCUT2D eigenvalue weighted by Crippen LogP contribution is 2.21. The van der Waals surface area contributed by atoms with Crippen LogP contribution in [0.15, 0.2) is 18.5 Å². The first-order chi connectivity index (χ1) is 9.58. The molecule has 2 aromatic rings. The molecule has 0 bridgehead atoms. The first-order valence-electron chi connectivity index (χ1n) is 7.24. The van der Waals surface area contributed by atoms with E-state index in [1.807, 2.05) is 13.1 Å². The largest absolute Gasteiger partial charge is 0.349 e. The summed E-state index contributed by atoms with van der Waals surface area (Å²) in [6.45, 7) is 9.49. The Morgan fingerprint density at radius 1 is 1.30 bits per heavy atom. The lowest BCUT2D eigenvalue weighted by Gasteiger charge is -2.19. The molecule has 0 saturated heterocycles. The molecule has 4 heteroatoms. The first kappa shape index (κ1) is 14.7. The fourth-order valence-corrected chi connectivity index (χ4v) is 2.80. The third-order valence-electron chi connectivity index (χ3n) is 3.61. The Morgan fingerprint density at radius 2 is 2.10 bits per heavy atom. The molecule has 0 aliphatic carbocycles. The summed E-state index contributed by atoms with van der Waals surface area (Å²) in [5.41, 5.74) is 4.87. The van der Waals surface area contributed by atoms with E-state index in [0.29, 0.717) is 6.04 Å². The molecule has 0 amide bonds. The van der Waals surface area contributed by atoms with E-state index < -0.39 is 0 Å². The molecule has 2 N–H and O–H groups in total. The van der Waals surface area contributed by atoms with Crippen molar-refractivity contribution in [3.63, 3.8) is 0 Å². The second-order valence-corrected chi connectivity index (χ2v) is 5.39. The highest BCUT2D eigenvalue weighted by molar-refractivity contribution is 5.33. The van der Waals surface area contributed by atoms with Crippen molar-refractivity contribution in [1.82, 2.24) is 20.3 Å². The Morgan fingerprint density at radius 3 is 2.75 bits per heavy atom. The van der Waals surface area contributed by atoms with Gasteiger partial charge in [-0.15, -0.1) is 0 Å². The van der Waals surface area contributed by atoms with Crippen LogP contribution in [0.1, 0.15) is 47.7 Å². The van der Waals surface area contributed by atoms with Gasteiger partial charge in [-0.2, -0.15) is 0 Å². The Balaban J connectivity index is 1.87. The Kier molecular flexibility index (Phi) is 4.90. The zero-order valence-electron chi connectivity index (χ0n) is 12.8. The van der Waals surface area contributed by atoms with E-state index in [1.165, 1.54) is 11.1 Å². The SMILES string of the molecule is Cc1cc(C)c(C(C)NCCCc2ncc[nH]2)c(C)n1. The minimum atomic E-state index is 0.333. The minimum absolute atomic E-state index is 0.333. The summed E-state index contributed by atoms with van der Waals surface area (Å²) >= 11 is 0. The van der Waals surface area contributed by atoms with Crippen molar-refractivity contribution >= 4 is 0 Å². The van der Waals surface area contributed by atoms with E-state index in [4.69, 9.17) is 0 Å². The van der Waals surface area contributed by atoms with Gasteiger partial charge in [0.1, 0.15) is 5.82 Å². The molecule has 4 nitrogen and oxygen atoms in total. The van der Waals surface area contributed by atoms with Gasteiger partial charge in [0.05, 0.1) is 0 Å². The number of hydrogen-bond donors (Lipinski definition) is 2. The maximum absolute atomic E-state index is 4.57. The molecule has 0 spiro atoms. The quantitative estimate of drug-likeness (QED) is 0.795. The van der Waals surface area contributed by atoms with Gasteiger partial charge in [-0.1, -0.05) is 0 Å². The van der Waals surface area contributed by atoms with Crippen molar-refractivity contribution in [2.24, 2.45) is 0 Å². The van der Waals surface area contributed by atoms with Gasteiger partial charge in [-0.05, 0) is 57.9 Å². The van der Waals surface area contributed by atoms with Crippen LogP contribution in [0.5, 0.6) is 0 Å². The summed E-state index contributed by atoms with van der Waals surface area (Å²) in [7, 11) is 0. The van der Waals surface area contributed by atoms with Crippen molar-refractivity contribution in [2.75, 3.05) is 6.54 Å². The predicted octanol–water partition coefficient (Wildman–Crippen LogP) is 3.01. The van der Waals surface area contributed by atoms with Crippen LogP contribution in [0.4, 0.5) is 0 Å². The summed E-state index contributed by atoms with van der Waals surface area (Å²) in [5.74, 6) is 1.06. The van der Waals surface area contributed by atoms with Gasteiger partial charge < -0.3 is 10.3 Å². The lowest BCUT2D eigenvalue weighted by molar-refractivity contribution is 0.549. The van der Waals surface area contributed by atoms with Gasteiger partial charge in [0.15, 0.2) is 0 Å². The summed E-state index contributed by atoms with van der Waals surface area (Å²) < 4.78 is 0. The van der Waals surface area contributed by atoms with E-state index in [9.17, 15) is 0 Å². The van der Waals surface area contributed by atoms with Gasteiger partial charge in [0, 0.05) is 36.2 Å². The van der Waals surface area contributed by atoms with E-state index in [1.54, 1.807) is 6.20 Å². The highest BCUT2D eigenvalue weighted by Gasteiger charge is 2.12. The lowest BCUT2D eigenvalue weighted by Crippen LogP contribution is -2.22. The van der Waals surface area contributed by atoms with Crippen LogP contribution >= 0.6 is 0 Å². The molecule has 0 aromatic carbocycles. The zero-order valence-corrected chi connectivity index (χ0v) is 12.8. The Labute approximate surface area is 121 Å². The molecule has 2 rings (SSSR count). The average molecular weight is 272 g/mol. The fraction of sp³-hybridized carbons (Fsp3) is 0.500. The third-order valence-corrected chi connectivity index (χ3v) is 3.61. The van der Waals surface area contributed by atoms with Crippen molar-refractivity contribution in [3.8, 4) is 0 Å². The maximum atomic E-state index is 4.57. The monoisotopic (exact) mass is 272 g/mol. The average Bonchev–Trinajstić information content (AvgIpc) is 2.86. The van der Waals surface area contributed by atoms with Crippen molar-refractivity contribution in [2.45, 2.75) is 46.6 Å². The molecule has 20 heavy (non-hydrogen) atoms. The predicted molar refractivity (Wildman–Crippen MR) is 81.8 cm³/mol. The molecule has 0 fully saturated rings. The minimum Gasteiger partial charge on any atom is -0.349 e. The number of nitrogens with zero attached hydrogens (tertiary/aromatic N) is 2. The normalized spacial score (nSPS) is 12.6. The van der Waals surface area contributed by atoms with Gasteiger partial charge in [-0.3, -0.25) is 4.98 Å². The first-order valence-corrected chi connectivity index (χ1v) is 7.24. The van der Waals surface area contributed by atoms with Crippen molar-refractivity contribution in [3.05, 3.63) is 46.8 Å². The number of pyridine rings is 1. The molecule has 1 unspecified atom stereocenters. The van der Waals surface area contributed by atoms with Crippen LogP contribution in [0.2, 0.25) is 0 Å². The molecular formula is C16H24N4. The molecule has 0 aliphatic rings. The number of hydrogen-bond acceptors (Lipinski definition) is 3. The zero-order chi connectivity index (χ0) is 14.5. The number of aromatic amines is 1. The molecular weight excluding hydrogens is 248 g/mol. The van der Waals surface area contributed by atoms with Crippen LogP contribution in [0.25, 0.3) is 0 Å². The van der Waals surface area contributed by atoms with E-state index in [2.05, 4.69) is 47.1 Å². The number of aromatic nitrogens is 3. The van der Waals surface area contributed by atoms with E-state index in [0.717, 1.165) is 36.6 Å². The number of H-pyrrole nitrogens is 1. The van der Waals surface area contributed by atoms with Crippen LogP contribution in [-0.2, 0) is 6.42 Å². The molecule has 0 saturated carbocycles. The van der Waals surface area contributed by atoms with Crippen LogP contribution < -0.4 is 5.32 Å². The molecule has 0 radical (unpaired) electrons. The van der Waals surface area contributed by atoms with E-state index >= 15 is 0 Å². The second kappa shape index (κ2) is 6.66. The molecule has 2 heterocycles. The number of rotatable bonds is 6. The van der Waals surface area contributed by atoms with E-state index in [-0.39, 0.29) is 0 Å². The highest BCUT2D eigenvalue weighted by atomic mass is 14.9. The van der Waals surface area contributed by atoms with Crippen LogP contribution in [-0.4, -0.2) is 21.5 Å². The summed E-state index contributed by atoms with van der Waals surface area (Å²) in [6, 6.07) is 2.49. The third kappa shape index (κ3) is 3.67. The molecule has 108 valence electrons. The fourth-order valence-electron chi connectivity index (χ4n) is 2.80. The molecule has 1 atom stereocenters. The van der Waals surface area contributed by atoms with Gasteiger partial charge in [-0.25, -0.2) is 4.98 Å². The Bertz CT molecular complexity index is 523. The van der Waals surface area contributed by atoms with Crippen molar-refractivity contribution in [1.29, 1.82) is 0 Å². The summed E-state index contributed by atoms with van der Waals surface area (Å²) in [5, 5.41) is 3.58. The smallest absolute Gasteiger partial charge is 0.106 e. The van der Waals surface area contributed by atoms with Gasteiger partial charge in [0.25, 0.3) is 0 Å². The topological polar surface area (TPSA) is 53.6 Å². The Hall–Kier alpha value is -1.68. The summed E-state index contributed by atoms with van der Waals surface area (Å²) in [4.78, 5) is 11.9. The number of nitrogens with one attached hydrogen (secondary N) is 2. The lowest BCUT2D eigenvalue weighted by atomic mass is 10.0. The maximum Gasteiger partial charge on any atom is 0.106 e. The van der Waals surface area contributed by atoms with Gasteiger partial charge in [0.2, 0.25) is 0 Å². The van der Waals surface area contributed by atoms with Crippen LogP contribution in [0.3, 0.4) is 0 Å². The number of aryl methyl sites for hydroxylation is 4. The van der Waals surface area contributed by atoms with Gasteiger partial charge >= 0.3 is 0 Å². The summed E-state index contributed by atoms with van der Waals surface area (Å²) in [6.07, 6.45) is 5.73.